The van der Waals surface area contributed by atoms with Gasteiger partial charge in [0.2, 0.25) is 0 Å². The van der Waals surface area contributed by atoms with E-state index in [1.54, 1.807) is 0 Å². The summed E-state index contributed by atoms with van der Waals surface area (Å²) in [6.45, 7) is 4.69. The van der Waals surface area contributed by atoms with Crippen molar-refractivity contribution in [3.05, 3.63) is 122 Å². The molecule has 0 aromatic carbocycles. The maximum Gasteiger partial charge on any atom is 0.472 e. The molecule has 0 saturated carbocycles. The van der Waals surface area contributed by atoms with Crippen LogP contribution >= 0.6 is 15.6 Å². The second-order valence-electron chi connectivity index (χ2n) is 27.0. The van der Waals surface area contributed by atoms with Gasteiger partial charge in [-0.1, -0.05) is 278 Å². The summed E-state index contributed by atoms with van der Waals surface area (Å²) < 4.78 is 68.5. The Labute approximate surface area is 632 Å². The molecule has 0 heterocycles. The van der Waals surface area contributed by atoms with E-state index in [-0.39, 0.29) is 25.7 Å². The zero-order valence-electron chi connectivity index (χ0n) is 65.4. The van der Waals surface area contributed by atoms with E-state index < -0.39 is 97.5 Å². The molecule has 0 aliphatic carbocycles. The minimum absolute atomic E-state index is 0.0158. The van der Waals surface area contributed by atoms with E-state index in [1.807, 2.05) is 24.3 Å². The van der Waals surface area contributed by atoms with Gasteiger partial charge in [0.05, 0.1) is 26.4 Å². The topological polar surface area (TPSA) is 237 Å². The number of rotatable bonds is 76. The number of allylic oxidation sites excluding steroid dienone is 20. The van der Waals surface area contributed by atoms with Crippen LogP contribution in [-0.2, 0) is 65.4 Å². The molecule has 2 unspecified atom stereocenters. The molecule has 0 aliphatic heterocycles. The third-order valence-corrected chi connectivity index (χ3v) is 18.8. The molecular weight excluding hydrogens is 1350 g/mol. The lowest BCUT2D eigenvalue weighted by Crippen LogP contribution is -2.30. The Hall–Kier alpha value is -4.54. The summed E-state index contributed by atoms with van der Waals surface area (Å²) in [5.74, 6) is -2.31. The van der Waals surface area contributed by atoms with Crippen LogP contribution in [0.25, 0.3) is 0 Å². The molecule has 0 spiro atoms. The number of hydrogen-bond donors (Lipinski definition) is 3. The normalized spacial score (nSPS) is 14.5. The highest BCUT2D eigenvalue weighted by molar-refractivity contribution is 7.47. The van der Waals surface area contributed by atoms with Crippen molar-refractivity contribution in [1.82, 2.24) is 0 Å². The zero-order valence-corrected chi connectivity index (χ0v) is 67.2. The number of carbonyl (C=O) groups is 4. The smallest absolute Gasteiger partial charge is 0.462 e. The molecule has 598 valence electrons. The van der Waals surface area contributed by atoms with Gasteiger partial charge >= 0.3 is 39.5 Å². The molecule has 0 amide bonds. The van der Waals surface area contributed by atoms with Gasteiger partial charge in [-0.2, -0.15) is 0 Å². The Bertz CT molecular complexity index is 2440. The highest BCUT2D eigenvalue weighted by Crippen LogP contribution is 2.45. The summed E-state index contributed by atoms with van der Waals surface area (Å²) in [6, 6.07) is 0. The molecule has 3 N–H and O–H groups in total. The number of esters is 4. The van der Waals surface area contributed by atoms with Crippen LogP contribution in [-0.4, -0.2) is 96.7 Å². The Balaban J connectivity index is 5.47. The van der Waals surface area contributed by atoms with E-state index in [0.29, 0.717) is 38.5 Å². The molecule has 0 bridgehead atoms. The third kappa shape index (κ3) is 75.7. The SMILES string of the molecule is CCCCC/C=C\C/C=C\C/C=C\C/C=C\CCCC(=O)OC[C@H](COP(=O)(O)OC[C@@H](O)COP(=O)(O)OC[C@@H](COC(=O)CCCCCCCCC/C=C\CCCCCC)OC(=O)CCC/C=C\C/C=C\C/C=C\C/C=C\CCCCC)OC(=O)CCCCCCC/C=C\CCCCCCCC. The van der Waals surface area contributed by atoms with Gasteiger partial charge in [0, 0.05) is 25.7 Å². The molecule has 0 fully saturated rings. The maximum absolute atomic E-state index is 13.1. The van der Waals surface area contributed by atoms with Gasteiger partial charge in [-0.15, -0.1) is 0 Å². The summed E-state index contributed by atoms with van der Waals surface area (Å²) in [4.78, 5) is 73.0. The Morgan fingerprint density at radius 3 is 0.808 bits per heavy atom. The van der Waals surface area contributed by atoms with Crippen molar-refractivity contribution in [3.8, 4) is 0 Å². The number of aliphatic hydroxyl groups is 1. The number of ether oxygens (including phenoxy) is 4. The van der Waals surface area contributed by atoms with Gasteiger partial charge in [0.25, 0.3) is 0 Å². The first-order chi connectivity index (χ1) is 50.7. The van der Waals surface area contributed by atoms with Crippen LogP contribution in [0.2, 0.25) is 0 Å². The van der Waals surface area contributed by atoms with Crippen molar-refractivity contribution in [2.45, 2.75) is 354 Å². The van der Waals surface area contributed by atoms with Crippen LogP contribution in [0.3, 0.4) is 0 Å². The summed E-state index contributed by atoms with van der Waals surface area (Å²) in [7, 11) is -10.00. The van der Waals surface area contributed by atoms with Crippen molar-refractivity contribution in [3.63, 3.8) is 0 Å². The van der Waals surface area contributed by atoms with Crippen molar-refractivity contribution in [2.75, 3.05) is 39.6 Å². The zero-order chi connectivity index (χ0) is 76.0. The monoisotopic (exact) mass is 1500 g/mol. The van der Waals surface area contributed by atoms with Crippen molar-refractivity contribution < 1.29 is 80.2 Å². The summed E-state index contributed by atoms with van der Waals surface area (Å²) in [5.41, 5.74) is 0. The van der Waals surface area contributed by atoms with Gasteiger partial charge in [0.15, 0.2) is 12.2 Å². The van der Waals surface area contributed by atoms with Crippen molar-refractivity contribution in [1.29, 1.82) is 0 Å². The predicted molar refractivity (Wildman–Crippen MR) is 427 cm³/mol. The number of hydrogen-bond acceptors (Lipinski definition) is 15. The minimum atomic E-state index is -5.00. The van der Waals surface area contributed by atoms with Gasteiger partial charge in [-0.25, -0.2) is 9.13 Å². The molecular formula is C85H146O17P2. The van der Waals surface area contributed by atoms with E-state index in [0.717, 1.165) is 128 Å². The average molecular weight is 1500 g/mol. The Morgan fingerprint density at radius 2 is 0.481 bits per heavy atom. The standard InChI is InChI=1S/C85H146O17P2/c1-5-9-13-17-21-25-29-33-37-39-43-46-50-54-58-62-66-70-83(88)96-76-80(101-84(89)71-67-63-59-55-51-47-42-36-32-28-24-20-16-12-8-4)77-99-103(91,92)97-73-79(86)74-98-104(93,94)100-78-81(75-95-82(87)69-65-61-57-53-49-45-41-35-31-27-23-19-15-11-7-3)102-85(90)72-68-64-60-56-52-48-44-40-38-34-30-26-22-18-14-10-6-2/h21-22,25-27,31,33-34,36-38,42-44,46,48,54,56,58,60,79-81,86H,5-20,23-24,28-30,32,35,39-41,45,47,49-53,55,57,59,61-78H2,1-4H3,(H,91,92)(H,93,94)/b25-21-,26-22-,31-27-,37-33-,38-34-,42-36-,46-43-,48-44-,58-54-,60-56-/t79-,80-,81-/m1/s1. The number of aliphatic hydroxyl groups excluding tert-OH is 1. The van der Waals surface area contributed by atoms with Gasteiger partial charge in [0.1, 0.15) is 19.3 Å². The third-order valence-electron chi connectivity index (χ3n) is 16.9. The number of phosphoric ester groups is 2. The molecule has 0 radical (unpaired) electrons. The number of phosphoric acid groups is 2. The molecule has 19 heteroatoms. The molecule has 104 heavy (non-hydrogen) atoms. The fourth-order valence-electron chi connectivity index (χ4n) is 10.6. The lowest BCUT2D eigenvalue weighted by Gasteiger charge is -2.21. The quantitative estimate of drug-likeness (QED) is 0.0169. The molecule has 0 aliphatic rings. The first-order valence-electron chi connectivity index (χ1n) is 40.8. The van der Waals surface area contributed by atoms with E-state index in [4.69, 9.17) is 37.0 Å². The number of unbranched alkanes of at least 4 members (excludes halogenated alkanes) is 30. The minimum Gasteiger partial charge on any atom is -0.462 e. The summed E-state index contributed by atoms with van der Waals surface area (Å²) in [6.07, 6.45) is 84.7. The van der Waals surface area contributed by atoms with Crippen LogP contribution in [0.1, 0.15) is 336 Å². The second-order valence-corrected chi connectivity index (χ2v) is 29.9. The van der Waals surface area contributed by atoms with Crippen LogP contribution in [0.5, 0.6) is 0 Å². The average Bonchev–Trinajstić information content (AvgIpc) is 0.909. The van der Waals surface area contributed by atoms with Crippen LogP contribution in [0.4, 0.5) is 0 Å². The lowest BCUT2D eigenvalue weighted by atomic mass is 10.1. The molecule has 5 atom stereocenters. The molecule has 0 aromatic heterocycles. The van der Waals surface area contributed by atoms with Crippen LogP contribution < -0.4 is 0 Å². The molecule has 0 saturated heterocycles. The highest BCUT2D eigenvalue weighted by atomic mass is 31.2. The molecule has 0 rings (SSSR count). The summed E-state index contributed by atoms with van der Waals surface area (Å²) in [5, 5.41) is 10.6. The van der Waals surface area contributed by atoms with Crippen LogP contribution in [0.15, 0.2) is 122 Å². The van der Waals surface area contributed by atoms with Gasteiger partial charge < -0.3 is 33.8 Å². The fraction of sp³-hybridized carbons (Fsp3) is 0.718. The van der Waals surface area contributed by atoms with Crippen molar-refractivity contribution >= 4 is 39.5 Å². The van der Waals surface area contributed by atoms with E-state index in [1.165, 1.54) is 116 Å². The Kier molecular flexibility index (Phi) is 73.3. The van der Waals surface area contributed by atoms with E-state index >= 15 is 0 Å². The van der Waals surface area contributed by atoms with Crippen molar-refractivity contribution in [2.24, 2.45) is 0 Å². The van der Waals surface area contributed by atoms with E-state index in [9.17, 15) is 43.2 Å². The fourth-order valence-corrected chi connectivity index (χ4v) is 12.2. The highest BCUT2D eigenvalue weighted by Gasteiger charge is 2.30. The largest absolute Gasteiger partial charge is 0.472 e. The molecule has 0 aromatic rings. The maximum atomic E-state index is 13.1. The van der Waals surface area contributed by atoms with Gasteiger partial charge in [-0.05, 0) is 154 Å². The number of carbonyl (C=O) groups excluding carboxylic acids is 4. The predicted octanol–water partition coefficient (Wildman–Crippen LogP) is 23.9. The van der Waals surface area contributed by atoms with E-state index in [2.05, 4.69) is 125 Å². The first-order valence-corrected chi connectivity index (χ1v) is 43.8. The Morgan fingerprint density at radius 1 is 0.269 bits per heavy atom. The molecule has 17 nitrogen and oxygen atoms in total. The first kappa shape index (κ1) is 99.5. The summed E-state index contributed by atoms with van der Waals surface area (Å²) >= 11 is 0. The second kappa shape index (κ2) is 76.6. The lowest BCUT2D eigenvalue weighted by molar-refractivity contribution is -0.161. The van der Waals surface area contributed by atoms with Gasteiger partial charge in [-0.3, -0.25) is 37.3 Å². The van der Waals surface area contributed by atoms with Crippen LogP contribution in [0, 0.1) is 0 Å².